The van der Waals surface area contributed by atoms with Crippen molar-refractivity contribution in [1.29, 1.82) is 0 Å². The third-order valence-corrected chi connectivity index (χ3v) is 6.66. The minimum absolute atomic E-state index is 0.129. The van der Waals surface area contributed by atoms with Gasteiger partial charge in [-0.15, -0.1) is 0 Å². The van der Waals surface area contributed by atoms with Crippen molar-refractivity contribution in [1.82, 2.24) is 9.47 Å². The van der Waals surface area contributed by atoms with Crippen LogP contribution in [0.1, 0.15) is 43.7 Å². The Morgan fingerprint density at radius 1 is 0.919 bits per heavy atom. The lowest BCUT2D eigenvalue weighted by molar-refractivity contribution is -0.138. The maximum atomic E-state index is 13.5. The number of aromatic nitrogens is 1. The molecule has 1 unspecified atom stereocenters. The molecular formula is C28H21ClN2O6. The van der Waals surface area contributed by atoms with E-state index in [0.29, 0.717) is 32.9 Å². The maximum Gasteiger partial charge on any atom is 0.334 e. The van der Waals surface area contributed by atoms with Crippen molar-refractivity contribution in [2.24, 2.45) is 0 Å². The van der Waals surface area contributed by atoms with Crippen LogP contribution < -0.4 is 9.47 Å². The molecule has 1 atom stereocenters. The third kappa shape index (κ3) is 3.95. The number of imide groups is 1. The summed E-state index contributed by atoms with van der Waals surface area (Å²) in [5, 5.41) is 0.953. The number of fused-ring (bicyclic) bond motifs is 2. The molecule has 0 bridgehead atoms. The molecule has 0 radical (unpaired) electrons. The summed E-state index contributed by atoms with van der Waals surface area (Å²) in [6.07, 6.45) is 0. The van der Waals surface area contributed by atoms with Crippen LogP contribution in [-0.4, -0.2) is 46.3 Å². The number of hydrogen-bond acceptors (Lipinski definition) is 6. The molecule has 0 saturated heterocycles. The smallest absolute Gasteiger partial charge is 0.334 e. The van der Waals surface area contributed by atoms with Crippen molar-refractivity contribution in [3.8, 4) is 11.5 Å². The Hall–Kier alpha value is -4.43. The van der Waals surface area contributed by atoms with E-state index in [1.54, 1.807) is 73.7 Å². The zero-order valence-corrected chi connectivity index (χ0v) is 20.9. The fourth-order valence-corrected chi connectivity index (χ4v) is 4.59. The van der Waals surface area contributed by atoms with Crippen LogP contribution in [-0.2, 0) is 4.79 Å². The van der Waals surface area contributed by atoms with E-state index in [4.69, 9.17) is 21.1 Å². The minimum Gasteiger partial charge on any atom is -0.497 e. The standard InChI is InChI=1S/C28H21ClN2O6/c1-15-24(37-28(35)16(2)31-26(33)20-6-4-5-7-21(20)27(31)34)22-14-19(36-3)12-13-23(22)30(15)25(32)17-8-10-18(29)11-9-17/h4-14,16H,1-3H3. The number of carbonyl (C=O) groups is 4. The molecule has 1 aliphatic heterocycles. The van der Waals surface area contributed by atoms with Crippen molar-refractivity contribution < 1.29 is 28.7 Å². The summed E-state index contributed by atoms with van der Waals surface area (Å²) in [7, 11) is 1.50. The first-order valence-electron chi connectivity index (χ1n) is 11.4. The Bertz CT molecular complexity index is 1570. The van der Waals surface area contributed by atoms with Gasteiger partial charge in [-0.05, 0) is 68.4 Å². The molecule has 1 aromatic heterocycles. The predicted molar refractivity (Wildman–Crippen MR) is 136 cm³/mol. The van der Waals surface area contributed by atoms with Gasteiger partial charge in [0.15, 0.2) is 5.75 Å². The van der Waals surface area contributed by atoms with E-state index in [1.807, 2.05) is 0 Å². The van der Waals surface area contributed by atoms with Crippen molar-refractivity contribution in [2.75, 3.05) is 7.11 Å². The fraction of sp³-hybridized carbons (Fsp3) is 0.143. The van der Waals surface area contributed by atoms with E-state index >= 15 is 0 Å². The van der Waals surface area contributed by atoms with Gasteiger partial charge in [-0.3, -0.25) is 23.9 Å². The van der Waals surface area contributed by atoms with Gasteiger partial charge in [-0.2, -0.15) is 0 Å². The van der Waals surface area contributed by atoms with E-state index < -0.39 is 23.8 Å². The Balaban J connectivity index is 1.53. The molecule has 8 nitrogen and oxygen atoms in total. The quantitative estimate of drug-likeness (QED) is 0.277. The number of carbonyl (C=O) groups excluding carboxylic acids is 4. The number of rotatable bonds is 5. The minimum atomic E-state index is -1.21. The molecule has 0 aliphatic carbocycles. The van der Waals surface area contributed by atoms with Gasteiger partial charge in [-0.25, -0.2) is 4.79 Å². The zero-order valence-electron chi connectivity index (χ0n) is 20.2. The van der Waals surface area contributed by atoms with E-state index in [2.05, 4.69) is 0 Å². The number of ether oxygens (including phenoxy) is 2. The SMILES string of the molecule is COc1ccc2c(c1)c(OC(=O)C(C)N1C(=O)c3ccccc3C1=O)c(C)n2C(=O)c1ccc(Cl)cc1. The first kappa shape index (κ1) is 24.3. The van der Waals surface area contributed by atoms with E-state index in [9.17, 15) is 19.2 Å². The topological polar surface area (TPSA) is 94.9 Å². The van der Waals surface area contributed by atoms with Gasteiger partial charge in [0.25, 0.3) is 17.7 Å². The van der Waals surface area contributed by atoms with E-state index in [-0.39, 0.29) is 22.8 Å². The monoisotopic (exact) mass is 516 g/mol. The van der Waals surface area contributed by atoms with Crippen LogP contribution in [0.2, 0.25) is 5.02 Å². The second kappa shape index (κ2) is 9.22. The molecule has 2 amide bonds. The highest BCUT2D eigenvalue weighted by molar-refractivity contribution is 6.30. The Morgan fingerprint density at radius 3 is 2.14 bits per heavy atom. The summed E-state index contributed by atoms with van der Waals surface area (Å²) in [5.41, 5.74) is 1.72. The average molecular weight is 517 g/mol. The van der Waals surface area contributed by atoms with Gasteiger partial charge in [-0.1, -0.05) is 23.7 Å². The Kier molecular flexibility index (Phi) is 6.05. The molecule has 0 fully saturated rings. The number of nitrogens with zero attached hydrogens (tertiary/aromatic N) is 2. The number of benzene rings is 3. The van der Waals surface area contributed by atoms with Crippen LogP contribution in [0, 0.1) is 6.92 Å². The number of hydrogen-bond donors (Lipinski definition) is 0. The van der Waals surface area contributed by atoms with Crippen LogP contribution in [0.15, 0.2) is 66.7 Å². The average Bonchev–Trinajstić information content (AvgIpc) is 3.32. The zero-order chi connectivity index (χ0) is 26.4. The van der Waals surface area contributed by atoms with Crippen LogP contribution >= 0.6 is 11.6 Å². The van der Waals surface area contributed by atoms with E-state index in [1.165, 1.54) is 18.6 Å². The summed E-state index contributed by atoms with van der Waals surface area (Å²) in [5.74, 6) is -1.68. The summed E-state index contributed by atoms with van der Waals surface area (Å²) in [4.78, 5) is 53.3. The molecule has 186 valence electrons. The van der Waals surface area contributed by atoms with E-state index in [0.717, 1.165) is 4.90 Å². The number of esters is 1. The lowest BCUT2D eigenvalue weighted by Gasteiger charge is -2.21. The predicted octanol–water partition coefficient (Wildman–Crippen LogP) is 4.89. The summed E-state index contributed by atoms with van der Waals surface area (Å²) >= 11 is 5.98. The van der Waals surface area contributed by atoms with Gasteiger partial charge in [0.05, 0.1) is 29.4 Å². The molecule has 2 heterocycles. The largest absolute Gasteiger partial charge is 0.497 e. The highest BCUT2D eigenvalue weighted by atomic mass is 35.5. The number of amides is 2. The molecular weight excluding hydrogens is 496 g/mol. The van der Waals surface area contributed by atoms with Gasteiger partial charge in [0.1, 0.15) is 11.8 Å². The van der Waals surface area contributed by atoms with Crippen LogP contribution in [0.25, 0.3) is 10.9 Å². The third-order valence-electron chi connectivity index (χ3n) is 6.40. The lowest BCUT2D eigenvalue weighted by atomic mass is 10.1. The van der Waals surface area contributed by atoms with Crippen LogP contribution in [0.4, 0.5) is 0 Å². The first-order valence-corrected chi connectivity index (χ1v) is 11.8. The first-order chi connectivity index (χ1) is 17.7. The summed E-state index contributed by atoms with van der Waals surface area (Å²) in [6, 6.07) is 16.7. The van der Waals surface area contributed by atoms with Gasteiger partial charge >= 0.3 is 5.97 Å². The molecule has 4 aromatic rings. The Labute approximate surface area is 216 Å². The van der Waals surface area contributed by atoms with Crippen molar-refractivity contribution in [3.05, 3.63) is 94.1 Å². The molecule has 0 saturated carbocycles. The normalized spacial score (nSPS) is 13.6. The molecule has 0 spiro atoms. The molecule has 1 aliphatic rings. The molecule has 5 rings (SSSR count). The van der Waals surface area contributed by atoms with Crippen molar-refractivity contribution in [3.63, 3.8) is 0 Å². The maximum absolute atomic E-state index is 13.5. The lowest BCUT2D eigenvalue weighted by Crippen LogP contribution is -2.44. The summed E-state index contributed by atoms with van der Waals surface area (Å²) in [6.45, 7) is 3.08. The Morgan fingerprint density at radius 2 is 1.54 bits per heavy atom. The molecule has 3 aromatic carbocycles. The number of methoxy groups -OCH3 is 1. The second-order valence-electron chi connectivity index (χ2n) is 8.57. The van der Waals surface area contributed by atoms with Gasteiger partial charge < -0.3 is 9.47 Å². The molecule has 0 N–H and O–H groups in total. The highest BCUT2D eigenvalue weighted by Crippen LogP contribution is 2.36. The fourth-order valence-electron chi connectivity index (χ4n) is 4.46. The molecule has 9 heteroatoms. The van der Waals surface area contributed by atoms with Crippen molar-refractivity contribution >= 4 is 46.2 Å². The number of halogens is 1. The van der Waals surface area contributed by atoms with Crippen LogP contribution in [0.3, 0.4) is 0 Å². The second-order valence-corrected chi connectivity index (χ2v) is 9.00. The summed E-state index contributed by atoms with van der Waals surface area (Å²) < 4.78 is 12.6. The van der Waals surface area contributed by atoms with Gasteiger partial charge in [0.2, 0.25) is 0 Å². The van der Waals surface area contributed by atoms with Crippen LogP contribution in [0.5, 0.6) is 11.5 Å². The highest BCUT2D eigenvalue weighted by Gasteiger charge is 2.41. The van der Waals surface area contributed by atoms with Gasteiger partial charge in [0, 0.05) is 16.0 Å². The van der Waals surface area contributed by atoms with Crippen molar-refractivity contribution in [2.45, 2.75) is 19.9 Å². The molecule has 37 heavy (non-hydrogen) atoms.